The van der Waals surface area contributed by atoms with Gasteiger partial charge in [0, 0.05) is 14.8 Å². The molecule has 0 saturated heterocycles. The van der Waals surface area contributed by atoms with E-state index in [-0.39, 0.29) is 5.91 Å². The summed E-state index contributed by atoms with van der Waals surface area (Å²) in [7, 11) is 0. The summed E-state index contributed by atoms with van der Waals surface area (Å²) in [6.07, 6.45) is 0.860. The van der Waals surface area contributed by atoms with Crippen LogP contribution in [-0.2, 0) is 4.79 Å². The molecule has 0 saturated carbocycles. The molecule has 0 fully saturated rings. The van der Waals surface area contributed by atoms with Crippen molar-refractivity contribution in [1.82, 2.24) is 5.43 Å². The molecule has 0 aliphatic heterocycles. The number of nitrogens with zero attached hydrogens (tertiary/aromatic N) is 1. The Balaban J connectivity index is 1.90. The number of hydrazone groups is 1. The van der Waals surface area contributed by atoms with E-state index < -0.39 is 6.10 Å². The van der Waals surface area contributed by atoms with Gasteiger partial charge in [0.2, 0.25) is 0 Å². The maximum atomic E-state index is 11.9. The molecule has 4 nitrogen and oxygen atoms in total. The van der Waals surface area contributed by atoms with Crippen LogP contribution in [0.2, 0.25) is 10.0 Å². The van der Waals surface area contributed by atoms with Crippen molar-refractivity contribution in [3.05, 3.63) is 50.1 Å². The molecule has 2 rings (SSSR count). The second kappa shape index (κ2) is 7.63. The van der Waals surface area contributed by atoms with Gasteiger partial charge in [-0.25, -0.2) is 5.43 Å². The summed E-state index contributed by atoms with van der Waals surface area (Å²) in [5.41, 5.74) is 2.43. The minimum absolute atomic E-state index is 0.352. The van der Waals surface area contributed by atoms with Crippen LogP contribution < -0.4 is 10.2 Å². The summed E-state index contributed by atoms with van der Waals surface area (Å²) in [6.45, 7) is 3.62. The van der Waals surface area contributed by atoms with E-state index in [1.165, 1.54) is 4.88 Å². The van der Waals surface area contributed by atoms with Crippen LogP contribution in [0.5, 0.6) is 5.75 Å². The van der Waals surface area contributed by atoms with Gasteiger partial charge in [0.1, 0.15) is 5.75 Å². The molecule has 0 aliphatic carbocycles. The third-order valence-electron chi connectivity index (χ3n) is 2.69. The zero-order valence-electron chi connectivity index (χ0n) is 12.0. The van der Waals surface area contributed by atoms with Crippen LogP contribution in [0.15, 0.2) is 35.4 Å². The molecule has 0 bridgehead atoms. The van der Waals surface area contributed by atoms with Gasteiger partial charge < -0.3 is 4.74 Å². The molecule has 1 aromatic carbocycles. The van der Waals surface area contributed by atoms with E-state index in [1.54, 1.807) is 42.7 Å². The molecule has 7 heteroatoms. The van der Waals surface area contributed by atoms with Crippen LogP contribution in [0.1, 0.15) is 16.7 Å². The van der Waals surface area contributed by atoms with Gasteiger partial charge in [-0.1, -0.05) is 23.2 Å². The molecule has 1 unspecified atom stereocenters. The topological polar surface area (TPSA) is 50.7 Å². The lowest BCUT2D eigenvalue weighted by Gasteiger charge is -2.14. The van der Waals surface area contributed by atoms with Crippen molar-refractivity contribution in [2.45, 2.75) is 20.0 Å². The second-order valence-electron chi connectivity index (χ2n) is 4.52. The van der Waals surface area contributed by atoms with Crippen LogP contribution >= 0.6 is 34.5 Å². The molecule has 1 amide bonds. The Kier molecular flexibility index (Phi) is 5.83. The Morgan fingerprint density at radius 2 is 2.14 bits per heavy atom. The van der Waals surface area contributed by atoms with E-state index in [4.69, 9.17) is 27.9 Å². The summed E-state index contributed by atoms with van der Waals surface area (Å²) in [5.74, 6) is 0.0297. The summed E-state index contributed by atoms with van der Waals surface area (Å²) < 4.78 is 5.49. The van der Waals surface area contributed by atoms with Gasteiger partial charge in [0.05, 0.1) is 11.2 Å². The number of amides is 1. The Labute approximate surface area is 142 Å². The van der Waals surface area contributed by atoms with Gasteiger partial charge >= 0.3 is 0 Å². The average Bonchev–Trinajstić information content (AvgIpc) is 2.87. The maximum absolute atomic E-state index is 11.9. The van der Waals surface area contributed by atoms with Crippen molar-refractivity contribution >= 4 is 46.7 Å². The normalized spacial score (nSPS) is 12.4. The molecule has 0 aliphatic rings. The molecule has 1 N–H and O–H groups in total. The molecular formula is C15H14Cl2N2O2S. The first-order valence-corrected chi connectivity index (χ1v) is 8.04. The van der Waals surface area contributed by atoms with Crippen molar-refractivity contribution < 1.29 is 9.53 Å². The molecule has 1 aromatic heterocycles. The van der Waals surface area contributed by atoms with Gasteiger partial charge in [-0.15, -0.1) is 11.3 Å². The van der Waals surface area contributed by atoms with Gasteiger partial charge in [-0.2, -0.15) is 5.10 Å². The number of nitrogens with one attached hydrogen (secondary N) is 1. The van der Waals surface area contributed by atoms with E-state index in [9.17, 15) is 4.79 Å². The van der Waals surface area contributed by atoms with Gasteiger partial charge in [0.25, 0.3) is 5.91 Å². The molecule has 22 heavy (non-hydrogen) atoms. The van der Waals surface area contributed by atoms with E-state index >= 15 is 0 Å². The first-order chi connectivity index (χ1) is 10.5. The van der Waals surface area contributed by atoms with E-state index in [1.807, 2.05) is 19.1 Å². The number of hydrogen-bond donors (Lipinski definition) is 1. The highest BCUT2D eigenvalue weighted by Gasteiger charge is 2.15. The lowest BCUT2D eigenvalue weighted by molar-refractivity contribution is -0.127. The largest absolute Gasteiger partial charge is 0.479 e. The Morgan fingerprint density at radius 1 is 1.36 bits per heavy atom. The first-order valence-electron chi connectivity index (χ1n) is 6.47. The number of rotatable bonds is 5. The fourth-order valence-electron chi connectivity index (χ4n) is 1.59. The Bertz CT molecular complexity index is 701. The molecule has 2 aromatic rings. The minimum atomic E-state index is -0.735. The van der Waals surface area contributed by atoms with Crippen molar-refractivity contribution in [3.63, 3.8) is 0 Å². The molecular weight excluding hydrogens is 343 g/mol. The Hall–Kier alpha value is -1.56. The third-order valence-corrected chi connectivity index (χ3v) is 4.16. The lowest BCUT2D eigenvalue weighted by atomic mass is 10.3. The number of thiophene rings is 1. The van der Waals surface area contributed by atoms with Gasteiger partial charge in [0.15, 0.2) is 6.10 Å². The standard InChI is InChI=1S/C15H14Cl2N2O2S/c1-9-3-5-12(22-9)8-18-19-15(20)10(2)21-14-6-4-11(16)7-13(14)17/h3-8,10H,1-2H3,(H,19,20)/b18-8+. The monoisotopic (exact) mass is 356 g/mol. The highest BCUT2D eigenvalue weighted by molar-refractivity contribution is 7.13. The molecule has 116 valence electrons. The fraction of sp³-hybridized carbons (Fsp3) is 0.200. The number of halogens is 2. The summed E-state index contributed by atoms with van der Waals surface area (Å²) in [5, 5.41) is 4.76. The number of benzene rings is 1. The quantitative estimate of drug-likeness (QED) is 0.641. The first kappa shape index (κ1) is 16.8. The SMILES string of the molecule is Cc1ccc(/C=N/NC(=O)C(C)Oc2ccc(Cl)cc2Cl)s1. The average molecular weight is 357 g/mol. The predicted octanol–water partition coefficient (Wildman–Crippen LogP) is 4.28. The number of hydrogen-bond acceptors (Lipinski definition) is 4. The summed E-state index contributed by atoms with van der Waals surface area (Å²) >= 11 is 13.4. The van der Waals surface area contributed by atoms with Crippen LogP contribution in [0.3, 0.4) is 0 Å². The number of aryl methyl sites for hydroxylation is 1. The van der Waals surface area contributed by atoms with Crippen LogP contribution in [-0.4, -0.2) is 18.2 Å². The van der Waals surface area contributed by atoms with Crippen LogP contribution in [0, 0.1) is 6.92 Å². The van der Waals surface area contributed by atoms with Crippen molar-refractivity contribution in [3.8, 4) is 5.75 Å². The molecule has 0 spiro atoms. The fourth-order valence-corrected chi connectivity index (χ4v) is 2.79. The van der Waals surface area contributed by atoms with Crippen molar-refractivity contribution in [2.24, 2.45) is 5.10 Å². The molecule has 1 atom stereocenters. The molecule has 1 heterocycles. The van der Waals surface area contributed by atoms with Gasteiger partial charge in [-0.3, -0.25) is 4.79 Å². The maximum Gasteiger partial charge on any atom is 0.280 e. The highest BCUT2D eigenvalue weighted by atomic mass is 35.5. The van der Waals surface area contributed by atoms with Gasteiger partial charge in [-0.05, 0) is 44.2 Å². The van der Waals surface area contributed by atoms with Crippen molar-refractivity contribution in [1.29, 1.82) is 0 Å². The zero-order chi connectivity index (χ0) is 16.1. The van der Waals surface area contributed by atoms with E-state index in [0.29, 0.717) is 15.8 Å². The van der Waals surface area contributed by atoms with E-state index in [0.717, 1.165) is 4.88 Å². The lowest BCUT2D eigenvalue weighted by Crippen LogP contribution is -2.33. The summed E-state index contributed by atoms with van der Waals surface area (Å²) in [6, 6.07) is 8.74. The van der Waals surface area contributed by atoms with E-state index in [2.05, 4.69) is 10.5 Å². The number of carbonyl (C=O) groups is 1. The molecule has 0 radical (unpaired) electrons. The third kappa shape index (κ3) is 4.73. The minimum Gasteiger partial charge on any atom is -0.479 e. The van der Waals surface area contributed by atoms with Crippen LogP contribution in [0.25, 0.3) is 0 Å². The van der Waals surface area contributed by atoms with Crippen LogP contribution in [0.4, 0.5) is 0 Å². The number of carbonyl (C=O) groups excluding carboxylic acids is 1. The highest BCUT2D eigenvalue weighted by Crippen LogP contribution is 2.28. The smallest absolute Gasteiger partial charge is 0.280 e. The zero-order valence-corrected chi connectivity index (χ0v) is 14.3. The second-order valence-corrected chi connectivity index (χ2v) is 6.68. The number of ether oxygens (including phenoxy) is 1. The summed E-state index contributed by atoms with van der Waals surface area (Å²) in [4.78, 5) is 14.1. The Morgan fingerprint density at radius 3 is 2.77 bits per heavy atom. The van der Waals surface area contributed by atoms with Crippen molar-refractivity contribution in [2.75, 3.05) is 0 Å². The predicted molar refractivity (Wildman–Crippen MR) is 91.3 cm³/mol.